The summed E-state index contributed by atoms with van der Waals surface area (Å²) in [7, 11) is 1.62. The summed E-state index contributed by atoms with van der Waals surface area (Å²) in [6, 6.07) is 15.1. The number of tetrazole rings is 1. The molecule has 0 saturated carbocycles. The third-order valence-corrected chi connectivity index (χ3v) is 4.96. The van der Waals surface area contributed by atoms with Crippen LogP contribution in [0.2, 0.25) is 0 Å². The number of rotatable bonds is 6. The van der Waals surface area contributed by atoms with Crippen LogP contribution in [-0.2, 0) is 24.2 Å². The molecule has 28 heavy (non-hydrogen) atoms. The SMILES string of the molecule is COc1ccc2c(c1)C=C(C(N)c1nnnn1CCc1ccccc1)C(=O)C2. The highest BCUT2D eigenvalue weighted by molar-refractivity contribution is 6.04. The molecule has 0 radical (unpaired) electrons. The first-order valence-corrected chi connectivity index (χ1v) is 9.13. The van der Waals surface area contributed by atoms with Crippen LogP contribution in [-0.4, -0.2) is 33.1 Å². The molecule has 7 nitrogen and oxygen atoms in total. The minimum absolute atomic E-state index is 0.0113. The molecule has 2 N–H and O–H groups in total. The quantitative estimate of drug-likeness (QED) is 0.709. The Labute approximate surface area is 162 Å². The van der Waals surface area contributed by atoms with E-state index in [0.717, 1.165) is 23.3 Å². The number of ketones is 1. The summed E-state index contributed by atoms with van der Waals surface area (Å²) in [6.07, 6.45) is 2.91. The first-order chi connectivity index (χ1) is 13.7. The smallest absolute Gasteiger partial charge is 0.172 e. The van der Waals surface area contributed by atoms with E-state index in [1.54, 1.807) is 11.8 Å². The van der Waals surface area contributed by atoms with Gasteiger partial charge in [-0.15, -0.1) is 5.10 Å². The van der Waals surface area contributed by atoms with Crippen molar-refractivity contribution in [3.8, 4) is 5.75 Å². The summed E-state index contributed by atoms with van der Waals surface area (Å²) >= 11 is 0. The zero-order valence-electron chi connectivity index (χ0n) is 15.6. The number of aromatic nitrogens is 4. The fourth-order valence-corrected chi connectivity index (χ4v) is 3.39. The van der Waals surface area contributed by atoms with Crippen LogP contribution in [0.1, 0.15) is 28.6 Å². The maximum atomic E-state index is 12.7. The van der Waals surface area contributed by atoms with Crippen LogP contribution in [0.4, 0.5) is 0 Å². The lowest BCUT2D eigenvalue weighted by Crippen LogP contribution is -2.26. The molecule has 0 saturated heterocycles. The van der Waals surface area contributed by atoms with Gasteiger partial charge >= 0.3 is 0 Å². The average molecular weight is 375 g/mol. The fraction of sp³-hybridized carbons (Fsp3) is 0.238. The lowest BCUT2D eigenvalue weighted by Gasteiger charge is -2.20. The van der Waals surface area contributed by atoms with Gasteiger partial charge < -0.3 is 10.5 Å². The lowest BCUT2D eigenvalue weighted by molar-refractivity contribution is -0.115. The molecule has 0 amide bonds. The molecule has 3 aromatic rings. The van der Waals surface area contributed by atoms with Crippen molar-refractivity contribution in [3.05, 3.63) is 76.6 Å². The van der Waals surface area contributed by atoms with Gasteiger partial charge in [-0.25, -0.2) is 4.68 Å². The molecule has 0 fully saturated rings. The van der Waals surface area contributed by atoms with Gasteiger partial charge in [0.25, 0.3) is 0 Å². The van der Waals surface area contributed by atoms with Crippen molar-refractivity contribution in [1.82, 2.24) is 20.2 Å². The van der Waals surface area contributed by atoms with Crippen molar-refractivity contribution in [2.75, 3.05) is 7.11 Å². The predicted molar refractivity (Wildman–Crippen MR) is 105 cm³/mol. The van der Waals surface area contributed by atoms with E-state index in [4.69, 9.17) is 10.5 Å². The molecule has 1 aliphatic rings. The molecule has 0 bridgehead atoms. The van der Waals surface area contributed by atoms with Gasteiger partial charge in [-0.05, 0) is 51.7 Å². The number of nitrogens with zero attached hydrogens (tertiary/aromatic N) is 4. The van der Waals surface area contributed by atoms with Crippen LogP contribution < -0.4 is 10.5 Å². The summed E-state index contributed by atoms with van der Waals surface area (Å²) in [5.74, 6) is 1.22. The van der Waals surface area contributed by atoms with Gasteiger partial charge in [-0.3, -0.25) is 4.79 Å². The minimum atomic E-state index is -0.683. The number of Topliss-reactive ketones (excluding diaryl/α,β-unsaturated/α-hetero) is 1. The first-order valence-electron chi connectivity index (χ1n) is 9.13. The molecule has 0 spiro atoms. The standard InChI is InChI=1S/C21H21N5O2/c1-28-17-8-7-15-13-19(27)18(12-16(15)11-17)20(22)21-23-24-25-26(21)10-9-14-5-3-2-4-6-14/h2-8,11-12,20H,9-10,13,22H2,1H3. The van der Waals surface area contributed by atoms with E-state index in [0.29, 0.717) is 24.4 Å². The normalized spacial score (nSPS) is 14.4. The van der Waals surface area contributed by atoms with Gasteiger partial charge in [-0.2, -0.15) is 0 Å². The number of hydrogen-bond acceptors (Lipinski definition) is 6. The average Bonchev–Trinajstić information content (AvgIpc) is 3.20. The Morgan fingerprint density at radius 1 is 1.21 bits per heavy atom. The molecule has 1 unspecified atom stereocenters. The van der Waals surface area contributed by atoms with Crippen LogP contribution >= 0.6 is 0 Å². The van der Waals surface area contributed by atoms with E-state index in [1.165, 1.54) is 5.56 Å². The van der Waals surface area contributed by atoms with Gasteiger partial charge in [0.2, 0.25) is 0 Å². The van der Waals surface area contributed by atoms with Gasteiger partial charge in [0.05, 0.1) is 13.2 Å². The Kier molecular flexibility index (Phi) is 4.99. The first kappa shape index (κ1) is 18.1. The molecule has 0 aliphatic heterocycles. The number of carbonyl (C=O) groups excluding carboxylic acids is 1. The fourth-order valence-electron chi connectivity index (χ4n) is 3.39. The van der Waals surface area contributed by atoms with E-state index in [9.17, 15) is 4.79 Å². The lowest BCUT2D eigenvalue weighted by atomic mass is 9.87. The maximum Gasteiger partial charge on any atom is 0.172 e. The highest BCUT2D eigenvalue weighted by Crippen LogP contribution is 2.30. The van der Waals surface area contributed by atoms with Crippen molar-refractivity contribution in [1.29, 1.82) is 0 Å². The topological polar surface area (TPSA) is 95.9 Å². The van der Waals surface area contributed by atoms with E-state index in [-0.39, 0.29) is 5.78 Å². The molecule has 142 valence electrons. The second kappa shape index (κ2) is 7.74. The number of hydrogen-bond donors (Lipinski definition) is 1. The Morgan fingerprint density at radius 3 is 2.82 bits per heavy atom. The van der Waals surface area contributed by atoms with Crippen LogP contribution in [0.5, 0.6) is 5.75 Å². The van der Waals surface area contributed by atoms with Crippen molar-refractivity contribution >= 4 is 11.9 Å². The molecule has 1 aliphatic carbocycles. The number of methoxy groups -OCH3 is 1. The Morgan fingerprint density at radius 2 is 2.04 bits per heavy atom. The van der Waals surface area contributed by atoms with E-state index >= 15 is 0 Å². The number of ether oxygens (including phenoxy) is 1. The van der Waals surface area contributed by atoms with E-state index in [2.05, 4.69) is 27.7 Å². The summed E-state index contributed by atoms with van der Waals surface area (Å²) in [4.78, 5) is 12.7. The van der Waals surface area contributed by atoms with Crippen molar-refractivity contribution in [3.63, 3.8) is 0 Å². The Hall–Kier alpha value is -3.32. The summed E-state index contributed by atoms with van der Waals surface area (Å²) in [6.45, 7) is 0.589. The number of carbonyl (C=O) groups is 1. The second-order valence-corrected chi connectivity index (χ2v) is 6.74. The van der Waals surface area contributed by atoms with Crippen molar-refractivity contribution in [2.24, 2.45) is 5.73 Å². The molecular weight excluding hydrogens is 354 g/mol. The van der Waals surface area contributed by atoms with Crippen molar-refractivity contribution < 1.29 is 9.53 Å². The summed E-state index contributed by atoms with van der Waals surface area (Å²) in [5.41, 5.74) is 10.0. The maximum absolute atomic E-state index is 12.7. The second-order valence-electron chi connectivity index (χ2n) is 6.74. The zero-order chi connectivity index (χ0) is 19.5. The molecule has 2 aromatic carbocycles. The van der Waals surface area contributed by atoms with E-state index < -0.39 is 6.04 Å². The molecule has 4 rings (SSSR count). The number of aryl methyl sites for hydroxylation is 2. The summed E-state index contributed by atoms with van der Waals surface area (Å²) < 4.78 is 6.96. The highest BCUT2D eigenvalue weighted by atomic mass is 16.5. The monoisotopic (exact) mass is 375 g/mol. The van der Waals surface area contributed by atoms with Gasteiger partial charge in [0.1, 0.15) is 5.75 Å². The predicted octanol–water partition coefficient (Wildman–Crippen LogP) is 2.13. The highest BCUT2D eigenvalue weighted by Gasteiger charge is 2.28. The summed E-state index contributed by atoms with van der Waals surface area (Å²) in [5, 5.41) is 11.9. The molecule has 7 heteroatoms. The number of fused-ring (bicyclic) bond motifs is 1. The van der Waals surface area contributed by atoms with Gasteiger partial charge in [0.15, 0.2) is 11.6 Å². The van der Waals surface area contributed by atoms with E-state index in [1.807, 2.05) is 42.5 Å². The molecule has 1 atom stereocenters. The number of benzene rings is 2. The zero-order valence-corrected chi connectivity index (χ0v) is 15.6. The third kappa shape index (κ3) is 3.57. The number of nitrogens with two attached hydrogens (primary N) is 1. The van der Waals surface area contributed by atoms with Crippen molar-refractivity contribution in [2.45, 2.75) is 25.4 Å². The van der Waals surface area contributed by atoms with Crippen LogP contribution in [0, 0.1) is 0 Å². The molecule has 1 aromatic heterocycles. The molecular formula is C21H21N5O2. The minimum Gasteiger partial charge on any atom is -0.497 e. The van der Waals surface area contributed by atoms with Crippen LogP contribution in [0.3, 0.4) is 0 Å². The largest absolute Gasteiger partial charge is 0.497 e. The van der Waals surface area contributed by atoms with Gasteiger partial charge in [-0.1, -0.05) is 36.4 Å². The van der Waals surface area contributed by atoms with Crippen LogP contribution in [0.25, 0.3) is 6.08 Å². The van der Waals surface area contributed by atoms with Crippen LogP contribution in [0.15, 0.2) is 54.1 Å². The third-order valence-electron chi connectivity index (χ3n) is 4.96. The Bertz CT molecular complexity index is 1030. The van der Waals surface area contributed by atoms with Gasteiger partial charge in [0, 0.05) is 18.5 Å². The molecule has 1 heterocycles. The Balaban J connectivity index is 1.59.